The first-order valence-corrected chi connectivity index (χ1v) is 9.64. The number of carbonyl (C=O) groups excluding carboxylic acids is 1. The van der Waals surface area contributed by atoms with Crippen molar-refractivity contribution in [2.75, 3.05) is 25.1 Å². The summed E-state index contributed by atoms with van der Waals surface area (Å²) in [4.78, 5) is 18.7. The van der Waals surface area contributed by atoms with Crippen LogP contribution in [0.3, 0.4) is 0 Å². The maximum atomic E-state index is 11.5. The molecular formula is C23H24N2O3. The number of nitrogens with zero attached hydrogens (tertiary/aromatic N) is 2. The van der Waals surface area contributed by atoms with Crippen LogP contribution in [0.4, 0.5) is 5.69 Å². The van der Waals surface area contributed by atoms with E-state index < -0.39 is 0 Å². The number of ether oxygens (including phenoxy) is 2. The second-order valence-electron chi connectivity index (χ2n) is 6.92. The fourth-order valence-corrected chi connectivity index (χ4v) is 3.73. The van der Waals surface area contributed by atoms with Crippen molar-refractivity contribution >= 4 is 22.6 Å². The van der Waals surface area contributed by atoms with Gasteiger partial charge in [0.05, 0.1) is 24.7 Å². The van der Waals surface area contributed by atoms with Gasteiger partial charge in [-0.15, -0.1) is 0 Å². The highest BCUT2D eigenvalue weighted by molar-refractivity contribution is 5.87. The minimum Gasteiger partial charge on any atom is -0.488 e. The Labute approximate surface area is 164 Å². The monoisotopic (exact) mass is 376 g/mol. The van der Waals surface area contributed by atoms with Gasteiger partial charge in [-0.05, 0) is 49.7 Å². The summed E-state index contributed by atoms with van der Waals surface area (Å²) in [5.41, 5.74) is 6.06. The van der Waals surface area contributed by atoms with Crippen LogP contribution in [0.2, 0.25) is 0 Å². The summed E-state index contributed by atoms with van der Waals surface area (Å²) in [5.74, 6) is 0.637. The van der Waals surface area contributed by atoms with E-state index in [-0.39, 0.29) is 12.4 Å². The van der Waals surface area contributed by atoms with E-state index >= 15 is 0 Å². The van der Waals surface area contributed by atoms with Crippen molar-refractivity contribution < 1.29 is 14.3 Å². The van der Waals surface area contributed by atoms with E-state index in [1.165, 1.54) is 12.8 Å². The molecule has 0 amide bonds. The summed E-state index contributed by atoms with van der Waals surface area (Å²) < 4.78 is 10.8. The zero-order chi connectivity index (χ0) is 19.7. The van der Waals surface area contributed by atoms with Gasteiger partial charge in [0, 0.05) is 41.4 Å². The molecule has 5 nitrogen and oxygen atoms in total. The Morgan fingerprint density at radius 2 is 1.96 bits per heavy atom. The molecule has 0 saturated carbocycles. The van der Waals surface area contributed by atoms with Gasteiger partial charge in [0.15, 0.2) is 0 Å². The predicted octanol–water partition coefficient (Wildman–Crippen LogP) is 4.36. The van der Waals surface area contributed by atoms with Crippen LogP contribution in [0.1, 0.15) is 25.0 Å². The first-order valence-electron chi connectivity index (χ1n) is 9.64. The Kier molecular flexibility index (Phi) is 4.90. The van der Waals surface area contributed by atoms with E-state index in [0.717, 1.165) is 52.1 Å². The van der Waals surface area contributed by atoms with Gasteiger partial charge in [-0.25, -0.2) is 4.98 Å². The number of anilines is 1. The molecule has 0 saturated heterocycles. The van der Waals surface area contributed by atoms with Gasteiger partial charge in [-0.1, -0.05) is 6.07 Å². The molecule has 2 heterocycles. The van der Waals surface area contributed by atoms with Crippen molar-refractivity contribution in [1.29, 1.82) is 0 Å². The average molecular weight is 376 g/mol. The fraction of sp³-hybridized carbons (Fsp3) is 0.304. The SMILES string of the molecule is CCN(CC)c1ccc2c(c1)OCc1cc3cc(CC(=O)OC)ccc3nc1-2. The molecular weight excluding hydrogens is 352 g/mol. The molecule has 3 aromatic rings. The van der Waals surface area contributed by atoms with Gasteiger partial charge < -0.3 is 14.4 Å². The molecule has 0 bridgehead atoms. The molecule has 0 aliphatic carbocycles. The normalized spacial score (nSPS) is 12.1. The number of carbonyl (C=O) groups is 1. The van der Waals surface area contributed by atoms with Gasteiger partial charge >= 0.3 is 5.97 Å². The van der Waals surface area contributed by atoms with Gasteiger partial charge in [-0.3, -0.25) is 4.79 Å². The van der Waals surface area contributed by atoms with Crippen molar-refractivity contribution in [3.63, 3.8) is 0 Å². The summed E-state index contributed by atoms with van der Waals surface area (Å²) in [6, 6.07) is 14.4. The number of fused-ring (bicyclic) bond motifs is 4. The van der Waals surface area contributed by atoms with E-state index in [4.69, 9.17) is 14.5 Å². The maximum Gasteiger partial charge on any atom is 0.309 e. The Hall–Kier alpha value is -3.08. The van der Waals surface area contributed by atoms with Crippen LogP contribution in [0.15, 0.2) is 42.5 Å². The van der Waals surface area contributed by atoms with Crippen LogP contribution in [-0.4, -0.2) is 31.2 Å². The molecule has 0 fully saturated rings. The summed E-state index contributed by atoms with van der Waals surface area (Å²) in [5, 5.41) is 1.01. The molecule has 1 aliphatic rings. The van der Waals surface area contributed by atoms with Gasteiger partial charge in [0.1, 0.15) is 12.4 Å². The number of pyridine rings is 1. The minimum absolute atomic E-state index is 0.244. The van der Waals surface area contributed by atoms with Gasteiger partial charge in [0.2, 0.25) is 0 Å². The largest absolute Gasteiger partial charge is 0.488 e. The van der Waals surface area contributed by atoms with Crippen molar-refractivity contribution in [1.82, 2.24) is 4.98 Å². The third kappa shape index (κ3) is 3.28. The first-order chi connectivity index (χ1) is 13.6. The lowest BCUT2D eigenvalue weighted by molar-refractivity contribution is -0.139. The standard InChI is InChI=1S/C23H24N2O3/c1-4-25(5-2)18-7-8-19-21(13-18)28-14-17-12-16-10-15(11-22(26)27-3)6-9-20(16)24-23(17)19/h6-10,12-13H,4-5,11,14H2,1-3H3. The molecule has 144 valence electrons. The summed E-state index contributed by atoms with van der Waals surface area (Å²) in [7, 11) is 1.40. The second kappa shape index (κ2) is 7.50. The number of benzene rings is 2. The van der Waals surface area contributed by atoms with E-state index in [0.29, 0.717) is 6.61 Å². The van der Waals surface area contributed by atoms with Crippen molar-refractivity contribution in [3.8, 4) is 17.0 Å². The van der Waals surface area contributed by atoms with Crippen LogP contribution in [0.25, 0.3) is 22.2 Å². The molecule has 0 unspecified atom stereocenters. The molecule has 1 aliphatic heterocycles. The fourth-order valence-electron chi connectivity index (χ4n) is 3.73. The molecule has 4 rings (SSSR count). The Balaban J connectivity index is 1.73. The van der Waals surface area contributed by atoms with E-state index in [1.54, 1.807) is 0 Å². The lowest BCUT2D eigenvalue weighted by Gasteiger charge is -2.25. The first kappa shape index (κ1) is 18.3. The molecule has 28 heavy (non-hydrogen) atoms. The summed E-state index contributed by atoms with van der Waals surface area (Å²) in [6.45, 7) is 6.72. The number of rotatable bonds is 5. The third-order valence-electron chi connectivity index (χ3n) is 5.27. The second-order valence-corrected chi connectivity index (χ2v) is 6.92. The lowest BCUT2D eigenvalue weighted by Crippen LogP contribution is -2.22. The maximum absolute atomic E-state index is 11.5. The molecule has 5 heteroatoms. The van der Waals surface area contributed by atoms with Crippen LogP contribution in [0, 0.1) is 0 Å². The number of aromatic nitrogens is 1. The molecule has 1 aromatic heterocycles. The smallest absolute Gasteiger partial charge is 0.309 e. The van der Waals surface area contributed by atoms with Crippen LogP contribution >= 0.6 is 0 Å². The number of hydrogen-bond donors (Lipinski definition) is 0. The Bertz CT molecular complexity index is 1040. The zero-order valence-corrected chi connectivity index (χ0v) is 16.5. The van der Waals surface area contributed by atoms with Crippen molar-refractivity contribution in [3.05, 3.63) is 53.6 Å². The molecule has 2 aromatic carbocycles. The highest BCUT2D eigenvalue weighted by atomic mass is 16.5. The average Bonchev–Trinajstić information content (AvgIpc) is 2.72. The predicted molar refractivity (Wildman–Crippen MR) is 111 cm³/mol. The minimum atomic E-state index is -0.244. The Morgan fingerprint density at radius 3 is 2.71 bits per heavy atom. The topological polar surface area (TPSA) is 51.7 Å². The quantitative estimate of drug-likeness (QED) is 0.620. The van der Waals surface area contributed by atoms with Crippen LogP contribution < -0.4 is 9.64 Å². The van der Waals surface area contributed by atoms with Crippen molar-refractivity contribution in [2.45, 2.75) is 26.9 Å². The van der Waals surface area contributed by atoms with Crippen molar-refractivity contribution in [2.24, 2.45) is 0 Å². The lowest BCUT2D eigenvalue weighted by atomic mass is 9.99. The molecule has 0 N–H and O–H groups in total. The van der Waals surface area contributed by atoms with E-state index in [1.807, 2.05) is 18.2 Å². The summed E-state index contributed by atoms with van der Waals surface area (Å²) >= 11 is 0. The van der Waals surface area contributed by atoms with Gasteiger partial charge in [-0.2, -0.15) is 0 Å². The van der Waals surface area contributed by atoms with Crippen LogP contribution in [-0.2, 0) is 22.6 Å². The zero-order valence-electron chi connectivity index (χ0n) is 16.5. The Morgan fingerprint density at radius 1 is 1.14 bits per heavy atom. The third-order valence-corrected chi connectivity index (χ3v) is 5.27. The molecule has 0 atom stereocenters. The van der Waals surface area contributed by atoms with Crippen LogP contribution in [0.5, 0.6) is 5.75 Å². The highest BCUT2D eigenvalue weighted by Gasteiger charge is 2.21. The molecule has 0 spiro atoms. The number of esters is 1. The number of methoxy groups -OCH3 is 1. The van der Waals surface area contributed by atoms with E-state index in [2.05, 4.69) is 43.0 Å². The highest BCUT2D eigenvalue weighted by Crippen LogP contribution is 2.39. The number of hydrogen-bond acceptors (Lipinski definition) is 5. The van der Waals surface area contributed by atoms with E-state index in [9.17, 15) is 4.79 Å². The summed E-state index contributed by atoms with van der Waals surface area (Å²) in [6.07, 6.45) is 0.261. The van der Waals surface area contributed by atoms with Gasteiger partial charge in [0.25, 0.3) is 0 Å². The molecule has 0 radical (unpaired) electrons.